The standard InChI is InChI=1S/C26H25F3N2O2/c27-26(28,29)33-21-9-10-22(19-8-4-12-30-16-19)23(14-21)20-15-25(32-17-20)11-5-13-31-24(25)18-6-2-1-3-7-18/h1-4,6-10,12,14,16,20,24,31H,5,11,13,15,17H2/t20-,24-,25+/m0/s1. The maximum Gasteiger partial charge on any atom is 0.573 e. The van der Waals surface area contributed by atoms with Gasteiger partial charge in [0.2, 0.25) is 0 Å². The van der Waals surface area contributed by atoms with Gasteiger partial charge >= 0.3 is 6.36 Å². The van der Waals surface area contributed by atoms with E-state index in [0.717, 1.165) is 36.1 Å². The molecule has 2 saturated heterocycles. The van der Waals surface area contributed by atoms with Gasteiger partial charge in [0.1, 0.15) is 5.75 Å². The summed E-state index contributed by atoms with van der Waals surface area (Å²) in [6.45, 7) is 1.35. The Morgan fingerprint density at radius 1 is 1.06 bits per heavy atom. The van der Waals surface area contributed by atoms with E-state index in [4.69, 9.17) is 4.74 Å². The number of ether oxygens (including phenoxy) is 2. The molecule has 172 valence electrons. The van der Waals surface area contributed by atoms with Crippen LogP contribution < -0.4 is 10.1 Å². The van der Waals surface area contributed by atoms with Gasteiger partial charge in [-0.15, -0.1) is 13.2 Å². The van der Waals surface area contributed by atoms with Crippen molar-refractivity contribution >= 4 is 0 Å². The number of halogens is 3. The molecule has 3 heterocycles. The Morgan fingerprint density at radius 3 is 2.67 bits per heavy atom. The van der Waals surface area contributed by atoms with Gasteiger partial charge in [0.25, 0.3) is 0 Å². The maximum absolute atomic E-state index is 12.9. The Labute approximate surface area is 190 Å². The van der Waals surface area contributed by atoms with Crippen molar-refractivity contribution in [3.8, 4) is 16.9 Å². The van der Waals surface area contributed by atoms with Crippen molar-refractivity contribution in [1.29, 1.82) is 0 Å². The molecular weight excluding hydrogens is 429 g/mol. The molecule has 0 aliphatic carbocycles. The van der Waals surface area contributed by atoms with Crippen LogP contribution in [0, 0.1) is 0 Å². The average Bonchev–Trinajstić information content (AvgIpc) is 3.23. The van der Waals surface area contributed by atoms with E-state index in [1.54, 1.807) is 18.5 Å². The molecule has 1 spiro atoms. The summed E-state index contributed by atoms with van der Waals surface area (Å²) in [7, 11) is 0. The second kappa shape index (κ2) is 8.80. The molecule has 33 heavy (non-hydrogen) atoms. The topological polar surface area (TPSA) is 43.4 Å². The number of hydrogen-bond donors (Lipinski definition) is 1. The number of aromatic nitrogens is 1. The largest absolute Gasteiger partial charge is 0.573 e. The molecule has 4 nitrogen and oxygen atoms in total. The Balaban J connectivity index is 1.51. The normalized spacial score (nSPS) is 25.3. The summed E-state index contributed by atoms with van der Waals surface area (Å²) in [5.74, 6) is -0.282. The monoisotopic (exact) mass is 454 g/mol. The number of nitrogens with one attached hydrogen (secondary N) is 1. The van der Waals surface area contributed by atoms with Crippen LogP contribution in [0.5, 0.6) is 5.75 Å². The maximum atomic E-state index is 12.9. The zero-order valence-electron chi connectivity index (χ0n) is 18.0. The SMILES string of the molecule is FC(F)(F)Oc1ccc(-c2cccnc2)c([C@@H]2CO[C@]3(CCCN[C@H]3c3ccccc3)C2)c1. The van der Waals surface area contributed by atoms with Crippen molar-refractivity contribution in [3.05, 3.63) is 84.2 Å². The van der Waals surface area contributed by atoms with Crippen LogP contribution in [0.15, 0.2) is 73.1 Å². The molecular formula is C26H25F3N2O2. The van der Waals surface area contributed by atoms with Gasteiger partial charge in [-0.3, -0.25) is 4.98 Å². The lowest BCUT2D eigenvalue weighted by Crippen LogP contribution is -2.48. The predicted octanol–water partition coefficient (Wildman–Crippen LogP) is 6.01. The van der Waals surface area contributed by atoms with Crippen molar-refractivity contribution < 1.29 is 22.6 Å². The van der Waals surface area contributed by atoms with Crippen molar-refractivity contribution in [2.75, 3.05) is 13.2 Å². The summed E-state index contributed by atoms with van der Waals surface area (Å²) in [5.41, 5.74) is 3.26. The highest BCUT2D eigenvalue weighted by Crippen LogP contribution is 2.50. The van der Waals surface area contributed by atoms with Crippen LogP contribution in [-0.2, 0) is 4.74 Å². The van der Waals surface area contributed by atoms with Gasteiger partial charge in [-0.05, 0) is 60.7 Å². The first-order valence-electron chi connectivity index (χ1n) is 11.2. The van der Waals surface area contributed by atoms with Crippen molar-refractivity contribution in [3.63, 3.8) is 0 Å². The molecule has 3 aromatic rings. The molecule has 0 bridgehead atoms. The second-order valence-corrected chi connectivity index (χ2v) is 8.72. The number of pyridine rings is 1. The van der Waals surface area contributed by atoms with Crippen LogP contribution in [0.3, 0.4) is 0 Å². The molecule has 0 unspecified atom stereocenters. The van der Waals surface area contributed by atoms with Crippen molar-refractivity contribution in [2.24, 2.45) is 0 Å². The number of nitrogens with zero attached hydrogens (tertiary/aromatic N) is 1. The Bertz CT molecular complexity index is 1090. The summed E-state index contributed by atoms with van der Waals surface area (Å²) >= 11 is 0. The summed E-state index contributed by atoms with van der Waals surface area (Å²) in [6.07, 6.45) is 1.26. The Kier molecular flexibility index (Phi) is 5.85. The van der Waals surface area contributed by atoms with Crippen LogP contribution in [0.1, 0.15) is 42.3 Å². The Morgan fingerprint density at radius 2 is 1.91 bits per heavy atom. The van der Waals surface area contributed by atoms with E-state index in [0.29, 0.717) is 13.0 Å². The third-order valence-corrected chi connectivity index (χ3v) is 6.62. The molecule has 7 heteroatoms. The van der Waals surface area contributed by atoms with Gasteiger partial charge in [0.05, 0.1) is 18.2 Å². The fraction of sp³-hybridized carbons (Fsp3) is 0.346. The molecule has 2 aromatic carbocycles. The molecule has 1 N–H and O–H groups in total. The molecule has 5 rings (SSSR count). The van der Waals surface area contributed by atoms with Crippen LogP contribution in [0.4, 0.5) is 13.2 Å². The molecule has 2 aliphatic rings. The molecule has 3 atom stereocenters. The van der Waals surface area contributed by atoms with Crippen LogP contribution in [0.2, 0.25) is 0 Å². The van der Waals surface area contributed by atoms with Gasteiger partial charge in [0.15, 0.2) is 0 Å². The van der Waals surface area contributed by atoms with E-state index in [1.807, 2.05) is 30.3 Å². The van der Waals surface area contributed by atoms with E-state index in [9.17, 15) is 13.2 Å². The summed E-state index contributed by atoms with van der Waals surface area (Å²) in [4.78, 5) is 4.19. The first-order chi connectivity index (χ1) is 15.9. The second-order valence-electron chi connectivity index (χ2n) is 8.72. The lowest BCUT2D eigenvalue weighted by molar-refractivity contribution is -0.274. The van der Waals surface area contributed by atoms with Gasteiger partial charge < -0.3 is 14.8 Å². The zero-order chi connectivity index (χ0) is 22.9. The van der Waals surface area contributed by atoms with Gasteiger partial charge in [-0.2, -0.15) is 0 Å². The van der Waals surface area contributed by atoms with E-state index in [2.05, 4.69) is 27.2 Å². The van der Waals surface area contributed by atoms with Gasteiger partial charge in [-0.1, -0.05) is 42.5 Å². The molecule has 2 aliphatic heterocycles. The fourth-order valence-electron chi connectivity index (χ4n) is 5.27. The molecule has 1 aromatic heterocycles. The number of benzene rings is 2. The number of alkyl halides is 3. The average molecular weight is 454 g/mol. The fourth-order valence-corrected chi connectivity index (χ4v) is 5.27. The smallest absolute Gasteiger partial charge is 0.406 e. The zero-order valence-corrected chi connectivity index (χ0v) is 18.0. The minimum Gasteiger partial charge on any atom is -0.406 e. The van der Waals surface area contributed by atoms with Crippen LogP contribution in [-0.4, -0.2) is 30.1 Å². The number of piperidine rings is 1. The van der Waals surface area contributed by atoms with E-state index in [1.165, 1.54) is 17.7 Å². The third kappa shape index (κ3) is 4.61. The lowest BCUT2D eigenvalue weighted by atomic mass is 9.76. The summed E-state index contributed by atoms with van der Waals surface area (Å²) < 4.78 is 49.6. The quantitative estimate of drug-likeness (QED) is 0.524. The van der Waals surface area contributed by atoms with Crippen LogP contribution >= 0.6 is 0 Å². The highest BCUT2D eigenvalue weighted by molar-refractivity contribution is 5.68. The van der Waals surface area contributed by atoms with Crippen molar-refractivity contribution in [2.45, 2.75) is 43.2 Å². The number of hydrogen-bond acceptors (Lipinski definition) is 4. The summed E-state index contributed by atoms with van der Waals surface area (Å²) in [5, 5.41) is 3.62. The highest BCUT2D eigenvalue weighted by Gasteiger charge is 2.49. The predicted molar refractivity (Wildman–Crippen MR) is 119 cm³/mol. The minimum atomic E-state index is -4.74. The van der Waals surface area contributed by atoms with Crippen LogP contribution in [0.25, 0.3) is 11.1 Å². The number of rotatable bonds is 4. The lowest BCUT2D eigenvalue weighted by Gasteiger charge is -2.41. The molecule has 0 radical (unpaired) electrons. The molecule has 0 amide bonds. The highest BCUT2D eigenvalue weighted by atomic mass is 19.4. The van der Waals surface area contributed by atoms with Gasteiger partial charge in [0, 0.05) is 23.9 Å². The third-order valence-electron chi connectivity index (χ3n) is 6.62. The van der Waals surface area contributed by atoms with E-state index < -0.39 is 12.0 Å². The van der Waals surface area contributed by atoms with E-state index >= 15 is 0 Å². The first kappa shape index (κ1) is 21.9. The Hall–Kier alpha value is -2.90. The van der Waals surface area contributed by atoms with E-state index in [-0.39, 0.29) is 17.7 Å². The van der Waals surface area contributed by atoms with Gasteiger partial charge in [-0.25, -0.2) is 0 Å². The first-order valence-corrected chi connectivity index (χ1v) is 11.2. The molecule has 0 saturated carbocycles. The van der Waals surface area contributed by atoms with Crippen molar-refractivity contribution in [1.82, 2.24) is 10.3 Å². The minimum absolute atomic E-state index is 0.0360. The molecule has 2 fully saturated rings. The summed E-state index contributed by atoms with van der Waals surface area (Å²) in [6, 6.07) is 18.6.